The van der Waals surface area contributed by atoms with E-state index in [1.54, 1.807) is 34.5 Å². The van der Waals surface area contributed by atoms with Gasteiger partial charge in [0, 0.05) is 6.54 Å². The maximum Gasteiger partial charge on any atom is 0.243 e. The Kier molecular flexibility index (Phi) is 8.19. The molecule has 0 heterocycles. The Hall–Kier alpha value is -2.67. The van der Waals surface area contributed by atoms with Crippen LogP contribution in [0.2, 0.25) is 0 Å². The van der Waals surface area contributed by atoms with Gasteiger partial charge in [-0.25, -0.2) is 0 Å². The zero-order chi connectivity index (χ0) is 20.5. The highest BCUT2D eigenvalue weighted by atomic mass is 79.9. The van der Waals surface area contributed by atoms with E-state index in [9.17, 15) is 4.79 Å². The van der Waals surface area contributed by atoms with Crippen LogP contribution in [0.25, 0.3) is 0 Å². The summed E-state index contributed by atoms with van der Waals surface area (Å²) in [5, 5.41) is 2.85. The van der Waals surface area contributed by atoms with E-state index in [0.717, 1.165) is 15.6 Å². The van der Waals surface area contributed by atoms with E-state index in [1.807, 2.05) is 30.3 Å². The number of amides is 1. The van der Waals surface area contributed by atoms with Crippen LogP contribution >= 0.6 is 15.9 Å². The molecule has 7 heteroatoms. The summed E-state index contributed by atoms with van der Waals surface area (Å²) in [5.41, 5.74) is 1.91. The molecule has 0 saturated carbocycles. The number of hydrogen-bond donors (Lipinski definition) is 1. The quantitative estimate of drug-likeness (QED) is 0.588. The minimum atomic E-state index is -0.175. The van der Waals surface area contributed by atoms with Crippen molar-refractivity contribution in [2.45, 2.75) is 13.0 Å². The number of carbonyl (C=O) groups is 1. The van der Waals surface area contributed by atoms with Crippen molar-refractivity contribution in [1.82, 2.24) is 5.32 Å². The third kappa shape index (κ3) is 5.42. The van der Waals surface area contributed by atoms with Crippen LogP contribution in [0.3, 0.4) is 0 Å². The molecule has 150 valence electrons. The van der Waals surface area contributed by atoms with Crippen molar-refractivity contribution in [1.29, 1.82) is 0 Å². The van der Waals surface area contributed by atoms with Crippen molar-refractivity contribution in [3.63, 3.8) is 0 Å². The number of carbonyl (C=O) groups excluding carboxylic acids is 1. The Morgan fingerprint density at radius 2 is 1.64 bits per heavy atom. The number of rotatable bonds is 9. The van der Waals surface area contributed by atoms with E-state index >= 15 is 0 Å². The molecule has 0 atom stereocenters. The zero-order valence-corrected chi connectivity index (χ0v) is 18.0. The number of ether oxygens (including phenoxy) is 4. The van der Waals surface area contributed by atoms with E-state index in [4.69, 9.17) is 18.9 Å². The second-order valence-corrected chi connectivity index (χ2v) is 6.58. The van der Waals surface area contributed by atoms with E-state index < -0.39 is 0 Å². The highest BCUT2D eigenvalue weighted by molar-refractivity contribution is 9.10. The summed E-state index contributed by atoms with van der Waals surface area (Å²) >= 11 is 3.53. The van der Waals surface area contributed by atoms with E-state index in [2.05, 4.69) is 21.2 Å². The van der Waals surface area contributed by atoms with Crippen molar-refractivity contribution in [3.05, 3.63) is 58.1 Å². The monoisotopic (exact) mass is 449 g/mol. The van der Waals surface area contributed by atoms with Crippen LogP contribution in [-0.4, -0.2) is 34.3 Å². The smallest absolute Gasteiger partial charge is 0.243 e. The van der Waals surface area contributed by atoms with Crippen molar-refractivity contribution in [2.75, 3.05) is 28.4 Å². The molecule has 0 spiro atoms. The van der Waals surface area contributed by atoms with Gasteiger partial charge in [-0.15, -0.1) is 0 Å². The molecule has 0 aliphatic heterocycles. The number of methoxy groups -OCH3 is 4. The largest absolute Gasteiger partial charge is 0.493 e. The minimum Gasteiger partial charge on any atom is -0.493 e. The summed E-state index contributed by atoms with van der Waals surface area (Å²) in [7, 11) is 6.34. The van der Waals surface area contributed by atoms with Crippen molar-refractivity contribution < 1.29 is 23.7 Å². The molecule has 0 bridgehead atoms. The maximum absolute atomic E-state index is 12.1. The lowest BCUT2D eigenvalue weighted by atomic mass is 10.1. The van der Waals surface area contributed by atoms with Gasteiger partial charge in [-0.05, 0) is 57.8 Å². The minimum absolute atomic E-state index is 0.175. The van der Waals surface area contributed by atoms with Crippen molar-refractivity contribution >= 4 is 21.8 Å². The van der Waals surface area contributed by atoms with Gasteiger partial charge >= 0.3 is 0 Å². The van der Waals surface area contributed by atoms with Gasteiger partial charge in [0.1, 0.15) is 0 Å². The van der Waals surface area contributed by atoms with Gasteiger partial charge in [-0.1, -0.05) is 18.2 Å². The second kappa shape index (κ2) is 10.6. The summed E-state index contributed by atoms with van der Waals surface area (Å²) in [6.07, 6.45) is 3.89. The van der Waals surface area contributed by atoms with Crippen LogP contribution in [0.4, 0.5) is 0 Å². The van der Waals surface area contributed by atoms with Gasteiger partial charge in [0.2, 0.25) is 5.91 Å². The molecular weight excluding hydrogens is 426 g/mol. The fourth-order valence-electron chi connectivity index (χ4n) is 2.62. The summed E-state index contributed by atoms with van der Waals surface area (Å²) < 4.78 is 21.9. The van der Waals surface area contributed by atoms with Crippen molar-refractivity contribution in [3.8, 4) is 23.0 Å². The average molecular weight is 450 g/mol. The summed E-state index contributed by atoms with van der Waals surface area (Å²) in [4.78, 5) is 12.1. The third-order valence-corrected chi connectivity index (χ3v) is 4.96. The van der Waals surface area contributed by atoms with Crippen LogP contribution < -0.4 is 24.3 Å². The standard InChI is InChI=1S/C21H24BrNO5/c1-25-16-10-8-14(12-18(16)27-3)13-23-19(24)7-5-6-15-9-11-17(26-2)21(28-4)20(15)22/h5,7-12H,6,13H2,1-4H3,(H,23,24)/b7-5+. The molecule has 6 nitrogen and oxygen atoms in total. The predicted molar refractivity (Wildman–Crippen MR) is 111 cm³/mol. The Balaban J connectivity index is 1.94. The summed E-state index contributed by atoms with van der Waals surface area (Å²) in [5.74, 6) is 2.38. The molecule has 0 aliphatic rings. The predicted octanol–water partition coefficient (Wildman–Crippen LogP) is 3.90. The first-order chi connectivity index (χ1) is 13.5. The Labute approximate surface area is 173 Å². The molecule has 0 aliphatic carbocycles. The molecule has 2 aromatic rings. The molecule has 1 amide bonds. The molecular formula is C21H24BrNO5. The normalized spacial score (nSPS) is 10.6. The van der Waals surface area contributed by atoms with Crippen LogP contribution in [0.5, 0.6) is 23.0 Å². The highest BCUT2D eigenvalue weighted by Crippen LogP contribution is 2.37. The Bertz CT molecular complexity index is 851. The summed E-state index contributed by atoms with van der Waals surface area (Å²) in [6, 6.07) is 9.29. The second-order valence-electron chi connectivity index (χ2n) is 5.79. The molecule has 0 fully saturated rings. The molecule has 1 N–H and O–H groups in total. The van der Waals surface area contributed by atoms with Gasteiger partial charge in [0.05, 0.1) is 32.9 Å². The van der Waals surface area contributed by atoms with Gasteiger partial charge in [0.15, 0.2) is 23.0 Å². The third-order valence-electron chi connectivity index (χ3n) is 4.09. The fourth-order valence-corrected chi connectivity index (χ4v) is 3.27. The van der Waals surface area contributed by atoms with E-state index in [0.29, 0.717) is 36.0 Å². The lowest BCUT2D eigenvalue weighted by molar-refractivity contribution is -0.116. The zero-order valence-electron chi connectivity index (χ0n) is 16.4. The maximum atomic E-state index is 12.1. The first-order valence-electron chi connectivity index (χ1n) is 8.58. The molecule has 0 saturated heterocycles. The molecule has 0 unspecified atom stereocenters. The SMILES string of the molecule is COc1ccc(CNC(=O)/C=C/Cc2ccc(OC)c(OC)c2Br)cc1OC. The van der Waals surface area contributed by atoms with Gasteiger partial charge < -0.3 is 24.3 Å². The van der Waals surface area contributed by atoms with Crippen LogP contribution in [0.1, 0.15) is 11.1 Å². The first kappa shape index (κ1) is 21.6. The Morgan fingerprint density at radius 1 is 0.964 bits per heavy atom. The summed E-state index contributed by atoms with van der Waals surface area (Å²) in [6.45, 7) is 0.392. The molecule has 2 aromatic carbocycles. The van der Waals surface area contributed by atoms with Gasteiger partial charge in [-0.2, -0.15) is 0 Å². The lowest BCUT2D eigenvalue weighted by Crippen LogP contribution is -2.20. The highest BCUT2D eigenvalue weighted by Gasteiger charge is 2.11. The fraction of sp³-hybridized carbons (Fsp3) is 0.286. The number of halogens is 1. The lowest BCUT2D eigenvalue weighted by Gasteiger charge is -2.12. The Morgan fingerprint density at radius 3 is 2.29 bits per heavy atom. The number of allylic oxidation sites excluding steroid dienone is 1. The molecule has 28 heavy (non-hydrogen) atoms. The number of benzene rings is 2. The van der Waals surface area contributed by atoms with Gasteiger partial charge in [0.25, 0.3) is 0 Å². The number of nitrogens with one attached hydrogen (secondary N) is 1. The van der Waals surface area contributed by atoms with Crippen molar-refractivity contribution in [2.24, 2.45) is 0 Å². The van der Waals surface area contributed by atoms with E-state index in [1.165, 1.54) is 6.08 Å². The average Bonchev–Trinajstić information content (AvgIpc) is 2.72. The molecule has 0 aromatic heterocycles. The molecule has 2 rings (SSSR count). The van der Waals surface area contributed by atoms with Crippen LogP contribution in [-0.2, 0) is 17.8 Å². The van der Waals surface area contributed by atoms with Gasteiger partial charge in [-0.3, -0.25) is 4.79 Å². The van der Waals surface area contributed by atoms with Crippen LogP contribution in [0, 0.1) is 0 Å². The van der Waals surface area contributed by atoms with E-state index in [-0.39, 0.29) is 5.91 Å². The first-order valence-corrected chi connectivity index (χ1v) is 9.38. The number of hydrogen-bond acceptors (Lipinski definition) is 5. The molecule has 0 radical (unpaired) electrons. The topological polar surface area (TPSA) is 66.0 Å². The van der Waals surface area contributed by atoms with Crippen LogP contribution in [0.15, 0.2) is 47.0 Å².